The number of pyridine rings is 1. The Kier molecular flexibility index (Phi) is 3.80. The molecule has 1 fully saturated rings. The van der Waals surface area contributed by atoms with E-state index in [0.717, 1.165) is 10.8 Å². The molecule has 3 heterocycles. The van der Waals surface area contributed by atoms with Crippen molar-refractivity contribution in [3.8, 4) is 0 Å². The highest BCUT2D eigenvalue weighted by molar-refractivity contribution is 9.10. The first-order chi connectivity index (χ1) is 13.6. The molecule has 7 heteroatoms. The summed E-state index contributed by atoms with van der Waals surface area (Å²) in [7, 11) is 0. The fourth-order valence-electron chi connectivity index (χ4n) is 3.69. The summed E-state index contributed by atoms with van der Waals surface area (Å²) in [6.07, 6.45) is 0.171. The van der Waals surface area contributed by atoms with E-state index >= 15 is 0 Å². The first kappa shape index (κ1) is 17.1. The van der Waals surface area contributed by atoms with E-state index in [-0.39, 0.29) is 24.7 Å². The van der Waals surface area contributed by atoms with Gasteiger partial charge in [0, 0.05) is 6.42 Å². The second-order valence-corrected chi connectivity index (χ2v) is 7.70. The largest absolute Gasteiger partial charge is 0.378 e. The monoisotopic (exact) mass is 435 g/mol. The van der Waals surface area contributed by atoms with Crippen LogP contribution in [0.3, 0.4) is 0 Å². The fourth-order valence-corrected chi connectivity index (χ4v) is 4.03. The summed E-state index contributed by atoms with van der Waals surface area (Å²) >= 11 is 3.33. The third-order valence-corrected chi connectivity index (χ3v) is 5.51. The van der Waals surface area contributed by atoms with Crippen LogP contribution in [0.5, 0.6) is 0 Å². The number of aromatic nitrogens is 1. The molecule has 1 atom stereocenters. The molecule has 0 radical (unpaired) electrons. The van der Waals surface area contributed by atoms with Gasteiger partial charge in [-0.3, -0.25) is 9.59 Å². The maximum Gasteiger partial charge on any atom is 0.281 e. The van der Waals surface area contributed by atoms with Gasteiger partial charge in [-0.2, -0.15) is 0 Å². The van der Waals surface area contributed by atoms with Gasteiger partial charge < -0.3 is 4.84 Å². The molecule has 1 spiro atoms. The number of carbonyl (C=O) groups excluding carboxylic acids is 2. The van der Waals surface area contributed by atoms with Gasteiger partial charge in [0.15, 0.2) is 0 Å². The molecule has 1 saturated heterocycles. The van der Waals surface area contributed by atoms with Gasteiger partial charge in [0.05, 0.1) is 17.8 Å². The third-order valence-electron chi connectivity index (χ3n) is 5.06. The van der Waals surface area contributed by atoms with E-state index in [1.54, 1.807) is 18.2 Å². The molecule has 28 heavy (non-hydrogen) atoms. The van der Waals surface area contributed by atoms with Crippen LogP contribution < -0.4 is 4.90 Å². The zero-order valence-corrected chi connectivity index (χ0v) is 16.2. The van der Waals surface area contributed by atoms with Crippen molar-refractivity contribution < 1.29 is 14.4 Å². The average Bonchev–Trinajstić information content (AvgIpc) is 3.23. The fraction of sp³-hybridized carbons (Fsp3) is 0.143. The lowest BCUT2D eigenvalue weighted by atomic mass is 9.94. The molecule has 138 valence electrons. The van der Waals surface area contributed by atoms with Crippen molar-refractivity contribution in [3.05, 3.63) is 71.0 Å². The lowest BCUT2D eigenvalue weighted by molar-refractivity contribution is -0.136. The standard InChI is InChI=1S/C21H14BrN3O3/c22-18-7-3-6-16(23-18)17-11-21(28-24-17)12-19(26)25(20(21)27)15-9-8-13-4-1-2-5-14(13)10-15/h1-10H,11-12H2/t21-/m1/s1. The highest BCUT2D eigenvalue weighted by atomic mass is 79.9. The Morgan fingerprint density at radius 1 is 0.964 bits per heavy atom. The maximum absolute atomic E-state index is 13.2. The molecule has 2 aliphatic heterocycles. The average molecular weight is 436 g/mol. The van der Waals surface area contributed by atoms with Crippen LogP contribution in [0.4, 0.5) is 5.69 Å². The molecule has 2 aliphatic rings. The topological polar surface area (TPSA) is 71.9 Å². The van der Waals surface area contributed by atoms with Crippen LogP contribution in [0, 0.1) is 0 Å². The number of benzene rings is 2. The molecule has 0 N–H and O–H groups in total. The molecule has 1 aromatic heterocycles. The van der Waals surface area contributed by atoms with E-state index < -0.39 is 5.60 Å². The minimum absolute atomic E-state index is 0.0420. The van der Waals surface area contributed by atoms with Gasteiger partial charge in [0.2, 0.25) is 11.5 Å². The van der Waals surface area contributed by atoms with E-state index in [0.29, 0.717) is 21.7 Å². The summed E-state index contributed by atoms with van der Waals surface area (Å²) in [4.78, 5) is 37.0. The highest BCUT2D eigenvalue weighted by Gasteiger charge is 2.58. The molecule has 0 aliphatic carbocycles. The molecule has 5 rings (SSSR count). The molecular weight excluding hydrogens is 422 g/mol. The third kappa shape index (κ3) is 2.62. The number of carbonyl (C=O) groups is 2. The van der Waals surface area contributed by atoms with Crippen LogP contribution in [-0.2, 0) is 14.4 Å². The number of halogens is 1. The van der Waals surface area contributed by atoms with Crippen LogP contribution >= 0.6 is 15.9 Å². The van der Waals surface area contributed by atoms with Gasteiger partial charge in [-0.25, -0.2) is 9.88 Å². The van der Waals surface area contributed by atoms with Crippen molar-refractivity contribution in [1.29, 1.82) is 0 Å². The van der Waals surface area contributed by atoms with Crippen LogP contribution in [0.15, 0.2) is 70.4 Å². The first-order valence-corrected chi connectivity index (χ1v) is 9.59. The first-order valence-electron chi connectivity index (χ1n) is 8.80. The Labute approximate surface area is 168 Å². The van der Waals surface area contributed by atoms with Crippen LogP contribution in [0.2, 0.25) is 0 Å². The number of rotatable bonds is 2. The summed E-state index contributed by atoms with van der Waals surface area (Å²) in [5, 5.41) is 6.09. The van der Waals surface area contributed by atoms with Crippen LogP contribution in [-0.4, -0.2) is 28.1 Å². The Bertz CT molecular complexity index is 1180. The number of anilines is 1. The quantitative estimate of drug-likeness (QED) is 0.452. The normalized spacial score (nSPS) is 21.5. The van der Waals surface area contributed by atoms with E-state index in [1.165, 1.54) is 4.90 Å². The number of hydrogen-bond acceptors (Lipinski definition) is 5. The van der Waals surface area contributed by atoms with E-state index in [4.69, 9.17) is 4.84 Å². The summed E-state index contributed by atoms with van der Waals surface area (Å²) in [5.41, 5.74) is 0.434. The molecule has 6 nitrogen and oxygen atoms in total. The lowest BCUT2D eigenvalue weighted by Gasteiger charge is -2.19. The predicted molar refractivity (Wildman–Crippen MR) is 108 cm³/mol. The Hall–Kier alpha value is -3.06. The molecule has 0 unspecified atom stereocenters. The van der Waals surface area contributed by atoms with Gasteiger partial charge in [-0.1, -0.05) is 41.6 Å². The van der Waals surface area contributed by atoms with Gasteiger partial charge in [0.1, 0.15) is 10.3 Å². The van der Waals surface area contributed by atoms with Crippen molar-refractivity contribution >= 4 is 49.9 Å². The van der Waals surface area contributed by atoms with Gasteiger partial charge in [-0.05, 0) is 51.0 Å². The number of fused-ring (bicyclic) bond motifs is 1. The summed E-state index contributed by atoms with van der Waals surface area (Å²) in [6, 6.07) is 18.8. The SMILES string of the molecule is O=C1C[C@]2(CC(c3cccc(Br)n3)=NO2)C(=O)N1c1ccc2ccccc2c1. The zero-order valence-electron chi connectivity index (χ0n) is 14.6. The molecule has 0 bridgehead atoms. The molecular formula is C21H14BrN3O3. The van der Waals surface area contributed by atoms with E-state index in [2.05, 4.69) is 26.1 Å². The van der Waals surface area contributed by atoms with Crippen LogP contribution in [0.25, 0.3) is 10.8 Å². The minimum atomic E-state index is -1.29. The molecule has 0 saturated carbocycles. The van der Waals surface area contributed by atoms with Crippen LogP contribution in [0.1, 0.15) is 18.5 Å². The molecule has 2 amide bonds. The van der Waals surface area contributed by atoms with E-state index in [9.17, 15) is 9.59 Å². The second kappa shape index (κ2) is 6.24. The Balaban J connectivity index is 1.46. The second-order valence-electron chi connectivity index (χ2n) is 6.89. The zero-order chi connectivity index (χ0) is 19.3. The van der Waals surface area contributed by atoms with Crippen molar-refractivity contribution in [1.82, 2.24) is 4.98 Å². The van der Waals surface area contributed by atoms with Crippen molar-refractivity contribution in [3.63, 3.8) is 0 Å². The predicted octanol–water partition coefficient (Wildman–Crippen LogP) is 3.82. The number of amides is 2. The van der Waals surface area contributed by atoms with Crippen molar-refractivity contribution in [2.75, 3.05) is 4.90 Å². The van der Waals surface area contributed by atoms with Gasteiger partial charge in [0.25, 0.3) is 5.91 Å². The number of imide groups is 1. The van der Waals surface area contributed by atoms with E-state index in [1.807, 2.05) is 42.5 Å². The van der Waals surface area contributed by atoms with Gasteiger partial charge in [-0.15, -0.1) is 0 Å². The lowest BCUT2D eigenvalue weighted by Crippen LogP contribution is -2.40. The van der Waals surface area contributed by atoms with Crippen molar-refractivity contribution in [2.45, 2.75) is 18.4 Å². The maximum atomic E-state index is 13.2. The summed E-state index contributed by atoms with van der Waals surface area (Å²) in [6.45, 7) is 0. The number of oxime groups is 1. The number of hydrogen-bond donors (Lipinski definition) is 0. The summed E-state index contributed by atoms with van der Waals surface area (Å²) in [5.74, 6) is -0.680. The highest BCUT2D eigenvalue weighted by Crippen LogP contribution is 2.39. The smallest absolute Gasteiger partial charge is 0.281 e. The summed E-state index contributed by atoms with van der Waals surface area (Å²) < 4.78 is 0.667. The number of nitrogens with zero attached hydrogens (tertiary/aromatic N) is 3. The Morgan fingerprint density at radius 2 is 1.79 bits per heavy atom. The molecule has 2 aromatic carbocycles. The Morgan fingerprint density at radius 3 is 2.61 bits per heavy atom. The van der Waals surface area contributed by atoms with Crippen molar-refractivity contribution in [2.24, 2.45) is 5.16 Å². The van der Waals surface area contributed by atoms with Gasteiger partial charge >= 0.3 is 0 Å². The minimum Gasteiger partial charge on any atom is -0.378 e. The molecule has 3 aromatic rings.